The molecule has 29 heavy (non-hydrogen) atoms. The van der Waals surface area contributed by atoms with Gasteiger partial charge in [-0.3, -0.25) is 4.79 Å². The Kier molecular flexibility index (Phi) is 6.76. The van der Waals surface area contributed by atoms with Gasteiger partial charge in [0, 0.05) is 21.8 Å². The molecule has 3 aromatic rings. The van der Waals surface area contributed by atoms with Crippen molar-refractivity contribution in [3.8, 4) is 17.7 Å². The number of ether oxygens (including phenoxy) is 1. The molecule has 0 saturated heterocycles. The number of amides is 1. The molecule has 1 heterocycles. The number of rotatable bonds is 6. The Morgan fingerprint density at radius 3 is 2.69 bits per heavy atom. The highest BCUT2D eigenvalue weighted by Crippen LogP contribution is 2.29. The fraction of sp³-hybridized carbons (Fsp3) is 0.136. The topological polar surface area (TPSA) is 75.0 Å². The van der Waals surface area contributed by atoms with Crippen molar-refractivity contribution in [2.75, 3.05) is 5.32 Å². The summed E-state index contributed by atoms with van der Waals surface area (Å²) in [5, 5.41) is 12.5. The number of benzene rings is 2. The van der Waals surface area contributed by atoms with E-state index >= 15 is 0 Å². The summed E-state index contributed by atoms with van der Waals surface area (Å²) in [5.41, 5.74) is 1.90. The zero-order valence-electron chi connectivity index (χ0n) is 15.8. The second kappa shape index (κ2) is 9.46. The van der Waals surface area contributed by atoms with Gasteiger partial charge in [-0.25, -0.2) is 4.98 Å². The second-order valence-corrected chi connectivity index (χ2v) is 8.10. The highest BCUT2D eigenvalue weighted by molar-refractivity contribution is 8.00. The van der Waals surface area contributed by atoms with Gasteiger partial charge in [0.25, 0.3) is 0 Å². The first kappa shape index (κ1) is 20.7. The molecule has 1 N–H and O–H groups in total. The number of carbonyl (C=O) groups excluding carboxylic acids is 1. The molecule has 146 valence electrons. The number of aromatic nitrogens is 1. The first-order chi connectivity index (χ1) is 14.0. The molecule has 0 radical (unpaired) electrons. The maximum Gasteiger partial charge on any atom is 0.237 e. The minimum Gasteiger partial charge on any atom is -0.438 e. The number of nitriles is 1. The monoisotopic (exact) mass is 423 g/mol. The van der Waals surface area contributed by atoms with Crippen LogP contribution in [-0.2, 0) is 4.79 Å². The molecule has 0 aliphatic heterocycles. The van der Waals surface area contributed by atoms with Gasteiger partial charge in [-0.2, -0.15) is 5.26 Å². The van der Waals surface area contributed by atoms with Gasteiger partial charge in [0.1, 0.15) is 17.4 Å². The van der Waals surface area contributed by atoms with Crippen LogP contribution >= 0.6 is 23.4 Å². The van der Waals surface area contributed by atoms with Crippen molar-refractivity contribution in [2.45, 2.75) is 24.0 Å². The summed E-state index contributed by atoms with van der Waals surface area (Å²) in [6, 6.07) is 18.1. The molecule has 1 amide bonds. The molecule has 0 saturated carbocycles. The number of hydrogen-bond acceptors (Lipinski definition) is 5. The molecule has 2 aromatic carbocycles. The number of nitrogens with zero attached hydrogens (tertiary/aromatic N) is 2. The van der Waals surface area contributed by atoms with Crippen molar-refractivity contribution >= 4 is 35.0 Å². The SMILES string of the molecule is Cc1cc(Oc2ncccc2C#N)ccc1NC(=O)C(C)Sc1ccc(Cl)cc1. The van der Waals surface area contributed by atoms with Crippen molar-refractivity contribution in [2.24, 2.45) is 0 Å². The van der Waals surface area contributed by atoms with Crippen LogP contribution in [0.3, 0.4) is 0 Å². The van der Waals surface area contributed by atoms with E-state index in [9.17, 15) is 4.79 Å². The van der Waals surface area contributed by atoms with E-state index in [0.717, 1.165) is 10.5 Å². The van der Waals surface area contributed by atoms with E-state index in [1.165, 1.54) is 11.8 Å². The summed E-state index contributed by atoms with van der Waals surface area (Å²) in [5.74, 6) is 0.691. The fourth-order valence-corrected chi connectivity index (χ4v) is 3.51. The number of aryl methyl sites for hydroxylation is 1. The Morgan fingerprint density at radius 1 is 1.24 bits per heavy atom. The molecule has 0 fully saturated rings. The van der Waals surface area contributed by atoms with E-state index < -0.39 is 0 Å². The van der Waals surface area contributed by atoms with Crippen molar-refractivity contribution < 1.29 is 9.53 Å². The molecule has 1 atom stereocenters. The van der Waals surface area contributed by atoms with E-state index in [1.54, 1.807) is 48.7 Å². The summed E-state index contributed by atoms with van der Waals surface area (Å²) in [7, 11) is 0. The predicted molar refractivity (Wildman–Crippen MR) is 116 cm³/mol. The van der Waals surface area contributed by atoms with E-state index in [0.29, 0.717) is 22.0 Å². The Hall–Kier alpha value is -3.01. The van der Waals surface area contributed by atoms with Gasteiger partial charge in [-0.15, -0.1) is 11.8 Å². The van der Waals surface area contributed by atoms with E-state index in [2.05, 4.69) is 10.3 Å². The normalized spacial score (nSPS) is 11.4. The van der Waals surface area contributed by atoms with Gasteiger partial charge < -0.3 is 10.1 Å². The number of nitrogens with one attached hydrogen (secondary N) is 1. The van der Waals surface area contributed by atoms with Crippen LogP contribution in [0.2, 0.25) is 5.02 Å². The van der Waals surface area contributed by atoms with Crippen LogP contribution in [0.1, 0.15) is 18.1 Å². The summed E-state index contributed by atoms with van der Waals surface area (Å²) >= 11 is 7.36. The van der Waals surface area contributed by atoms with Crippen LogP contribution in [0.15, 0.2) is 65.7 Å². The third kappa shape index (κ3) is 5.50. The molecule has 1 aromatic heterocycles. The molecular weight excluding hydrogens is 406 g/mol. The van der Waals surface area contributed by atoms with Gasteiger partial charge in [0.2, 0.25) is 11.8 Å². The van der Waals surface area contributed by atoms with E-state index in [4.69, 9.17) is 21.6 Å². The third-order valence-electron chi connectivity index (χ3n) is 4.06. The lowest BCUT2D eigenvalue weighted by Gasteiger charge is -2.14. The molecule has 0 aliphatic rings. The molecule has 0 aliphatic carbocycles. The minimum absolute atomic E-state index is 0.0989. The van der Waals surface area contributed by atoms with Gasteiger partial charge in [-0.05, 0) is 74.0 Å². The summed E-state index contributed by atoms with van der Waals surface area (Å²) < 4.78 is 5.72. The Labute approximate surface area is 178 Å². The smallest absolute Gasteiger partial charge is 0.237 e. The molecular formula is C22H18ClN3O2S. The van der Waals surface area contributed by atoms with Crippen molar-refractivity contribution in [3.63, 3.8) is 0 Å². The number of pyridine rings is 1. The van der Waals surface area contributed by atoms with Gasteiger partial charge in [0.15, 0.2) is 0 Å². The lowest BCUT2D eigenvalue weighted by molar-refractivity contribution is -0.115. The van der Waals surface area contributed by atoms with Crippen molar-refractivity contribution in [1.82, 2.24) is 4.98 Å². The molecule has 0 spiro atoms. The Morgan fingerprint density at radius 2 is 2.00 bits per heavy atom. The highest BCUT2D eigenvalue weighted by atomic mass is 35.5. The number of carbonyl (C=O) groups is 1. The minimum atomic E-state index is -0.279. The first-order valence-corrected chi connectivity index (χ1v) is 10.1. The van der Waals surface area contributed by atoms with E-state index in [1.807, 2.05) is 32.0 Å². The van der Waals surface area contributed by atoms with E-state index in [-0.39, 0.29) is 17.0 Å². The standard InChI is InChI=1S/C22H18ClN3O2S/c1-14-12-18(28-22-16(13-24)4-3-11-25-22)7-10-20(14)26-21(27)15(2)29-19-8-5-17(23)6-9-19/h3-12,15H,1-2H3,(H,26,27). The van der Waals surface area contributed by atoms with Crippen LogP contribution in [0.5, 0.6) is 11.6 Å². The molecule has 3 rings (SSSR count). The Balaban J connectivity index is 1.66. The second-order valence-electron chi connectivity index (χ2n) is 6.25. The molecule has 0 bridgehead atoms. The number of halogens is 1. The highest BCUT2D eigenvalue weighted by Gasteiger charge is 2.16. The van der Waals surface area contributed by atoms with Crippen LogP contribution in [0.25, 0.3) is 0 Å². The average molecular weight is 424 g/mol. The largest absolute Gasteiger partial charge is 0.438 e. The van der Waals surface area contributed by atoms with Crippen LogP contribution < -0.4 is 10.1 Å². The summed E-state index contributed by atoms with van der Waals surface area (Å²) in [6.07, 6.45) is 1.57. The Bertz CT molecular complexity index is 1060. The zero-order valence-corrected chi connectivity index (χ0v) is 17.4. The van der Waals surface area contributed by atoms with Crippen molar-refractivity contribution in [1.29, 1.82) is 5.26 Å². The van der Waals surface area contributed by atoms with Gasteiger partial charge in [-0.1, -0.05) is 11.6 Å². The zero-order chi connectivity index (χ0) is 20.8. The maximum atomic E-state index is 12.6. The predicted octanol–water partition coefficient (Wildman–Crippen LogP) is 5.83. The maximum absolute atomic E-state index is 12.6. The number of thioether (sulfide) groups is 1. The third-order valence-corrected chi connectivity index (χ3v) is 5.42. The molecule has 7 heteroatoms. The fourth-order valence-electron chi connectivity index (χ4n) is 2.51. The van der Waals surface area contributed by atoms with Crippen LogP contribution in [0.4, 0.5) is 5.69 Å². The molecule has 5 nitrogen and oxygen atoms in total. The lowest BCUT2D eigenvalue weighted by atomic mass is 10.2. The summed E-state index contributed by atoms with van der Waals surface area (Å²) in [4.78, 5) is 17.6. The lowest BCUT2D eigenvalue weighted by Crippen LogP contribution is -2.22. The van der Waals surface area contributed by atoms with Crippen molar-refractivity contribution in [3.05, 3.63) is 76.9 Å². The quantitative estimate of drug-likeness (QED) is 0.505. The average Bonchev–Trinajstić information content (AvgIpc) is 2.72. The van der Waals surface area contributed by atoms with Gasteiger partial charge in [0.05, 0.1) is 5.25 Å². The number of anilines is 1. The first-order valence-electron chi connectivity index (χ1n) is 8.83. The summed E-state index contributed by atoms with van der Waals surface area (Å²) in [6.45, 7) is 3.73. The van der Waals surface area contributed by atoms with Gasteiger partial charge >= 0.3 is 0 Å². The number of hydrogen-bond donors (Lipinski definition) is 1. The molecule has 1 unspecified atom stereocenters. The van der Waals surface area contributed by atoms with Crippen LogP contribution in [0, 0.1) is 18.3 Å². The van der Waals surface area contributed by atoms with Crippen LogP contribution in [-0.4, -0.2) is 16.1 Å².